The molecule has 0 saturated carbocycles. The number of benzene rings is 1. The van der Waals surface area contributed by atoms with E-state index in [4.69, 9.17) is 4.74 Å². The van der Waals surface area contributed by atoms with Crippen molar-refractivity contribution in [1.82, 2.24) is 10.2 Å². The monoisotopic (exact) mass is 461 g/mol. The van der Waals surface area contributed by atoms with Crippen LogP contribution in [-0.4, -0.2) is 61.0 Å². The average molecular weight is 461 g/mol. The zero-order valence-electron chi connectivity index (χ0n) is 15.4. The Kier molecular flexibility index (Phi) is 11.1. The van der Waals surface area contributed by atoms with E-state index in [0.717, 1.165) is 50.6 Å². The molecule has 0 spiro atoms. The van der Waals surface area contributed by atoms with Crippen LogP contribution in [0.4, 0.5) is 0 Å². The molecule has 1 aromatic carbocycles. The second-order valence-corrected chi connectivity index (χ2v) is 6.18. The van der Waals surface area contributed by atoms with Crippen molar-refractivity contribution in [3.8, 4) is 0 Å². The maximum Gasteiger partial charge on any atom is 0.194 e. The lowest BCUT2D eigenvalue weighted by molar-refractivity contribution is 0.0263. The smallest absolute Gasteiger partial charge is 0.194 e. The number of aliphatic imine (C=N–C) groups is 1. The van der Waals surface area contributed by atoms with Crippen LogP contribution in [0.25, 0.3) is 0 Å². The van der Waals surface area contributed by atoms with Gasteiger partial charge in [0.1, 0.15) is 0 Å². The first-order chi connectivity index (χ1) is 11.7. The van der Waals surface area contributed by atoms with Gasteiger partial charge in [0.15, 0.2) is 5.96 Å². The molecule has 5 nitrogen and oxygen atoms in total. The predicted octanol–water partition coefficient (Wildman–Crippen LogP) is 2.67. The van der Waals surface area contributed by atoms with Crippen LogP contribution in [0.1, 0.15) is 32.3 Å². The Morgan fingerprint density at radius 1 is 1.28 bits per heavy atom. The fourth-order valence-electron chi connectivity index (χ4n) is 3.04. The Bertz CT molecular complexity index is 491. The molecule has 142 valence electrons. The fourth-order valence-corrected chi connectivity index (χ4v) is 3.04. The molecule has 1 unspecified atom stereocenters. The lowest BCUT2D eigenvalue weighted by atomic mass is 10.1. The van der Waals surface area contributed by atoms with Crippen LogP contribution < -0.4 is 5.32 Å². The molecule has 0 bridgehead atoms. The summed E-state index contributed by atoms with van der Waals surface area (Å²) in [5, 5.41) is 13.6. The van der Waals surface area contributed by atoms with Gasteiger partial charge in [-0.3, -0.25) is 4.99 Å². The number of aliphatic hydroxyl groups is 1. The van der Waals surface area contributed by atoms with Gasteiger partial charge in [0.05, 0.1) is 18.8 Å². The van der Waals surface area contributed by atoms with Crippen molar-refractivity contribution in [3.63, 3.8) is 0 Å². The van der Waals surface area contributed by atoms with E-state index in [1.807, 2.05) is 37.3 Å². The first kappa shape index (κ1) is 22.2. The van der Waals surface area contributed by atoms with Gasteiger partial charge >= 0.3 is 0 Å². The Labute approximate surface area is 168 Å². The third-order valence-electron chi connectivity index (χ3n) is 4.24. The normalized spacial score (nSPS) is 17.1. The SMILES string of the molecule is CCNC(=NCC(O)Cc1ccccc1)N1CCC(OCC)CC1.I. The van der Waals surface area contributed by atoms with Crippen LogP contribution in [0.2, 0.25) is 0 Å². The summed E-state index contributed by atoms with van der Waals surface area (Å²) in [7, 11) is 0. The Balaban J connectivity index is 0.00000312. The molecule has 2 N–H and O–H groups in total. The minimum Gasteiger partial charge on any atom is -0.391 e. The summed E-state index contributed by atoms with van der Waals surface area (Å²) in [6.45, 7) is 8.05. The van der Waals surface area contributed by atoms with Crippen molar-refractivity contribution in [1.29, 1.82) is 0 Å². The fraction of sp³-hybridized carbons (Fsp3) is 0.632. The third-order valence-corrected chi connectivity index (χ3v) is 4.24. The van der Waals surface area contributed by atoms with Crippen LogP contribution in [0.15, 0.2) is 35.3 Å². The van der Waals surface area contributed by atoms with Crippen LogP contribution in [0.5, 0.6) is 0 Å². The van der Waals surface area contributed by atoms with Gasteiger partial charge in [-0.05, 0) is 32.3 Å². The summed E-state index contributed by atoms with van der Waals surface area (Å²) in [4.78, 5) is 6.92. The number of guanidine groups is 1. The van der Waals surface area contributed by atoms with Crippen LogP contribution in [0, 0.1) is 0 Å². The van der Waals surface area contributed by atoms with Crippen molar-refractivity contribution in [2.24, 2.45) is 4.99 Å². The summed E-state index contributed by atoms with van der Waals surface area (Å²) in [5.41, 5.74) is 1.14. The van der Waals surface area contributed by atoms with Gasteiger partial charge in [-0.2, -0.15) is 0 Å². The molecular formula is C19H32IN3O2. The Morgan fingerprint density at radius 3 is 2.56 bits per heavy atom. The van der Waals surface area contributed by atoms with Gasteiger partial charge < -0.3 is 20.1 Å². The number of rotatable bonds is 7. The molecule has 2 rings (SSSR count). The number of aliphatic hydroxyl groups excluding tert-OH is 1. The van der Waals surface area contributed by atoms with Crippen molar-refractivity contribution in [2.45, 2.75) is 45.3 Å². The van der Waals surface area contributed by atoms with E-state index in [2.05, 4.69) is 22.1 Å². The zero-order valence-corrected chi connectivity index (χ0v) is 17.7. The van der Waals surface area contributed by atoms with E-state index in [9.17, 15) is 5.11 Å². The van der Waals surface area contributed by atoms with Crippen LogP contribution in [-0.2, 0) is 11.2 Å². The van der Waals surface area contributed by atoms with E-state index >= 15 is 0 Å². The van der Waals surface area contributed by atoms with Crippen LogP contribution in [0.3, 0.4) is 0 Å². The molecular weight excluding hydrogens is 429 g/mol. The molecule has 0 aromatic heterocycles. The molecule has 6 heteroatoms. The number of hydrogen-bond donors (Lipinski definition) is 2. The van der Waals surface area contributed by atoms with Gasteiger partial charge in [-0.1, -0.05) is 30.3 Å². The maximum absolute atomic E-state index is 10.3. The van der Waals surface area contributed by atoms with Gasteiger partial charge in [-0.15, -0.1) is 24.0 Å². The van der Waals surface area contributed by atoms with Crippen LogP contribution >= 0.6 is 24.0 Å². The van der Waals surface area contributed by atoms with E-state index in [1.165, 1.54) is 0 Å². The molecule has 1 aliphatic heterocycles. The number of hydrogen-bond acceptors (Lipinski definition) is 3. The Hall–Kier alpha value is -0.860. The third kappa shape index (κ3) is 7.92. The van der Waals surface area contributed by atoms with Crippen molar-refractivity contribution < 1.29 is 9.84 Å². The molecule has 25 heavy (non-hydrogen) atoms. The lowest BCUT2D eigenvalue weighted by Crippen LogP contribution is -2.47. The summed E-state index contributed by atoms with van der Waals surface area (Å²) in [5.74, 6) is 0.902. The molecule has 1 heterocycles. The first-order valence-electron chi connectivity index (χ1n) is 9.09. The molecule has 0 aliphatic carbocycles. The number of nitrogens with zero attached hydrogens (tertiary/aromatic N) is 2. The highest BCUT2D eigenvalue weighted by atomic mass is 127. The van der Waals surface area contributed by atoms with Gasteiger partial charge in [0.25, 0.3) is 0 Å². The lowest BCUT2D eigenvalue weighted by Gasteiger charge is -2.34. The Morgan fingerprint density at radius 2 is 1.96 bits per heavy atom. The quantitative estimate of drug-likeness (QED) is 0.373. The molecule has 0 radical (unpaired) electrons. The summed E-state index contributed by atoms with van der Waals surface area (Å²) >= 11 is 0. The van der Waals surface area contributed by atoms with E-state index in [0.29, 0.717) is 19.1 Å². The number of likely N-dealkylation sites (tertiary alicyclic amines) is 1. The zero-order chi connectivity index (χ0) is 17.2. The van der Waals surface area contributed by atoms with E-state index < -0.39 is 6.10 Å². The maximum atomic E-state index is 10.3. The molecule has 1 atom stereocenters. The number of nitrogens with one attached hydrogen (secondary N) is 1. The molecule has 1 fully saturated rings. The summed E-state index contributed by atoms with van der Waals surface area (Å²) < 4.78 is 5.71. The van der Waals surface area contributed by atoms with Crippen molar-refractivity contribution >= 4 is 29.9 Å². The van der Waals surface area contributed by atoms with E-state index in [1.54, 1.807) is 0 Å². The molecule has 0 amide bonds. The minimum absolute atomic E-state index is 0. The highest BCUT2D eigenvalue weighted by Gasteiger charge is 2.21. The topological polar surface area (TPSA) is 57.1 Å². The highest BCUT2D eigenvalue weighted by molar-refractivity contribution is 14.0. The highest BCUT2D eigenvalue weighted by Crippen LogP contribution is 2.14. The van der Waals surface area contributed by atoms with Gasteiger partial charge in [0.2, 0.25) is 0 Å². The minimum atomic E-state index is -0.456. The predicted molar refractivity (Wildman–Crippen MR) is 114 cm³/mol. The van der Waals surface area contributed by atoms with Crippen molar-refractivity contribution in [3.05, 3.63) is 35.9 Å². The van der Waals surface area contributed by atoms with Gasteiger partial charge in [0, 0.05) is 32.7 Å². The second-order valence-electron chi connectivity index (χ2n) is 6.18. The number of halogens is 1. The van der Waals surface area contributed by atoms with Gasteiger partial charge in [-0.25, -0.2) is 0 Å². The molecule has 1 aliphatic rings. The largest absolute Gasteiger partial charge is 0.391 e. The first-order valence-corrected chi connectivity index (χ1v) is 9.09. The summed E-state index contributed by atoms with van der Waals surface area (Å²) in [6.07, 6.45) is 2.62. The van der Waals surface area contributed by atoms with Crippen molar-refractivity contribution in [2.75, 3.05) is 32.8 Å². The average Bonchev–Trinajstić information content (AvgIpc) is 2.60. The number of piperidine rings is 1. The standard InChI is InChI=1S/C19H31N3O2.HI/c1-3-20-19(22-12-10-18(11-13-22)24-4-2)21-15-17(23)14-16-8-6-5-7-9-16;/h5-9,17-18,23H,3-4,10-15H2,1-2H3,(H,20,21);1H. The number of ether oxygens (including phenoxy) is 1. The summed E-state index contributed by atoms with van der Waals surface area (Å²) in [6, 6.07) is 10.1. The van der Waals surface area contributed by atoms with E-state index in [-0.39, 0.29) is 24.0 Å². The molecule has 1 saturated heterocycles. The second kappa shape index (κ2) is 12.5. The molecule has 1 aromatic rings.